The number of carbonyl (C=O) groups is 1. The predicted octanol–water partition coefficient (Wildman–Crippen LogP) is 4.40. The summed E-state index contributed by atoms with van der Waals surface area (Å²) in [6.45, 7) is 2.78. The summed E-state index contributed by atoms with van der Waals surface area (Å²) >= 11 is 0. The molecule has 4 heteroatoms. The Bertz CT molecular complexity index is 1060. The monoisotopic (exact) mass is 398 g/mol. The molecule has 30 heavy (non-hydrogen) atoms. The molecule has 1 atom stereocenters. The second-order valence-electron chi connectivity index (χ2n) is 8.35. The van der Waals surface area contributed by atoms with Crippen molar-refractivity contribution in [3.05, 3.63) is 101 Å². The fraction of sp³-hybridized carbons (Fsp3) is 0.269. The molecule has 152 valence electrons. The molecular formula is C26H26N2O2. The highest BCUT2D eigenvalue weighted by atomic mass is 16.3. The largest absolute Gasteiger partial charge is 0.380 e. The average Bonchev–Trinajstić information content (AvgIpc) is 2.89. The molecule has 5 rings (SSSR count). The minimum absolute atomic E-state index is 0.0412. The van der Waals surface area contributed by atoms with E-state index in [0.717, 1.165) is 38.0 Å². The lowest BCUT2D eigenvalue weighted by Gasteiger charge is -2.42. The highest BCUT2D eigenvalue weighted by molar-refractivity contribution is 6.07. The number of piperidine rings is 1. The van der Waals surface area contributed by atoms with E-state index in [-0.39, 0.29) is 11.8 Å². The van der Waals surface area contributed by atoms with Crippen LogP contribution in [0, 0.1) is 5.92 Å². The highest BCUT2D eigenvalue weighted by Crippen LogP contribution is 2.47. The summed E-state index contributed by atoms with van der Waals surface area (Å²) < 4.78 is 0. The van der Waals surface area contributed by atoms with Crippen molar-refractivity contribution in [2.45, 2.75) is 25.0 Å². The number of para-hydroxylation sites is 1. The molecule has 2 N–H and O–H groups in total. The summed E-state index contributed by atoms with van der Waals surface area (Å²) in [5.74, 6) is -0.116. The lowest BCUT2D eigenvalue weighted by molar-refractivity contribution is -0.0147. The number of likely N-dealkylation sites (tertiary alicyclic amines) is 1. The van der Waals surface area contributed by atoms with Gasteiger partial charge in [0.25, 0.3) is 5.91 Å². The van der Waals surface area contributed by atoms with Gasteiger partial charge in [0.2, 0.25) is 0 Å². The molecule has 1 saturated heterocycles. The van der Waals surface area contributed by atoms with E-state index in [0.29, 0.717) is 16.8 Å². The first-order valence-electron chi connectivity index (χ1n) is 10.7. The van der Waals surface area contributed by atoms with E-state index in [1.165, 1.54) is 5.56 Å². The zero-order chi connectivity index (χ0) is 20.6. The molecule has 2 heterocycles. The third-order valence-corrected chi connectivity index (χ3v) is 6.60. The molecule has 2 aliphatic rings. The number of aliphatic hydroxyl groups is 1. The molecule has 0 saturated carbocycles. The van der Waals surface area contributed by atoms with E-state index in [2.05, 4.69) is 34.5 Å². The fourth-order valence-electron chi connectivity index (χ4n) is 5.06. The van der Waals surface area contributed by atoms with Gasteiger partial charge in [0.15, 0.2) is 0 Å². The molecular weight excluding hydrogens is 372 g/mol. The van der Waals surface area contributed by atoms with Crippen LogP contribution in [-0.2, 0) is 12.1 Å². The SMILES string of the molecule is O=C1Nc2ccccc2C(O)(C2CCN(Cc3ccccc3)CC2)c2ccccc21. The summed E-state index contributed by atoms with van der Waals surface area (Å²) in [5.41, 5.74) is 2.90. The van der Waals surface area contributed by atoms with Gasteiger partial charge in [-0.15, -0.1) is 0 Å². The Labute approximate surface area is 177 Å². The molecule has 0 aliphatic carbocycles. The van der Waals surface area contributed by atoms with Crippen LogP contribution in [0.3, 0.4) is 0 Å². The van der Waals surface area contributed by atoms with Gasteiger partial charge in [-0.1, -0.05) is 66.7 Å². The van der Waals surface area contributed by atoms with Crippen molar-refractivity contribution in [3.8, 4) is 0 Å². The van der Waals surface area contributed by atoms with Crippen LogP contribution < -0.4 is 5.32 Å². The van der Waals surface area contributed by atoms with Gasteiger partial charge in [0.1, 0.15) is 5.60 Å². The quantitative estimate of drug-likeness (QED) is 0.688. The van der Waals surface area contributed by atoms with E-state index in [1.807, 2.05) is 54.6 Å². The lowest BCUT2D eigenvalue weighted by atomic mass is 9.71. The van der Waals surface area contributed by atoms with E-state index in [1.54, 1.807) is 0 Å². The van der Waals surface area contributed by atoms with Gasteiger partial charge in [-0.2, -0.15) is 0 Å². The third-order valence-electron chi connectivity index (χ3n) is 6.60. The van der Waals surface area contributed by atoms with Crippen LogP contribution in [0.1, 0.15) is 39.9 Å². The Morgan fingerprint density at radius 3 is 2.27 bits per heavy atom. The van der Waals surface area contributed by atoms with Crippen LogP contribution in [0.2, 0.25) is 0 Å². The van der Waals surface area contributed by atoms with E-state index < -0.39 is 5.60 Å². The topological polar surface area (TPSA) is 52.6 Å². The Balaban J connectivity index is 1.48. The number of anilines is 1. The summed E-state index contributed by atoms with van der Waals surface area (Å²) in [6, 6.07) is 25.7. The summed E-state index contributed by atoms with van der Waals surface area (Å²) in [6.07, 6.45) is 1.75. The molecule has 2 aliphatic heterocycles. The molecule has 0 bridgehead atoms. The molecule has 4 nitrogen and oxygen atoms in total. The molecule has 0 radical (unpaired) electrons. The van der Waals surface area contributed by atoms with Gasteiger partial charge in [-0.3, -0.25) is 9.69 Å². The number of nitrogens with one attached hydrogen (secondary N) is 1. The van der Waals surface area contributed by atoms with Crippen molar-refractivity contribution < 1.29 is 9.90 Å². The van der Waals surface area contributed by atoms with E-state index in [9.17, 15) is 9.90 Å². The fourth-order valence-corrected chi connectivity index (χ4v) is 5.06. The smallest absolute Gasteiger partial charge is 0.256 e. The van der Waals surface area contributed by atoms with Crippen molar-refractivity contribution in [2.24, 2.45) is 5.92 Å². The van der Waals surface area contributed by atoms with Crippen molar-refractivity contribution >= 4 is 11.6 Å². The molecule has 1 unspecified atom stereocenters. The normalized spacial score (nSPS) is 22.0. The number of amides is 1. The summed E-state index contributed by atoms with van der Waals surface area (Å²) in [7, 11) is 0. The third kappa shape index (κ3) is 3.22. The first kappa shape index (κ1) is 19.0. The first-order chi connectivity index (χ1) is 14.7. The van der Waals surface area contributed by atoms with Gasteiger partial charge >= 0.3 is 0 Å². The second kappa shape index (κ2) is 7.71. The lowest BCUT2D eigenvalue weighted by Crippen LogP contribution is -2.44. The summed E-state index contributed by atoms with van der Waals surface area (Å²) in [4.78, 5) is 15.3. The number of fused-ring (bicyclic) bond motifs is 2. The van der Waals surface area contributed by atoms with Crippen LogP contribution in [0.25, 0.3) is 0 Å². The summed E-state index contributed by atoms with van der Waals surface area (Å²) in [5, 5.41) is 15.3. The Kier molecular flexibility index (Phi) is 4.89. The molecule has 3 aromatic rings. The number of hydrogen-bond acceptors (Lipinski definition) is 3. The number of hydrogen-bond donors (Lipinski definition) is 2. The first-order valence-corrected chi connectivity index (χ1v) is 10.7. The molecule has 3 aromatic carbocycles. The molecule has 1 fully saturated rings. The van der Waals surface area contributed by atoms with Crippen molar-refractivity contribution in [3.63, 3.8) is 0 Å². The van der Waals surface area contributed by atoms with Crippen molar-refractivity contribution in [2.75, 3.05) is 18.4 Å². The van der Waals surface area contributed by atoms with E-state index in [4.69, 9.17) is 0 Å². The van der Waals surface area contributed by atoms with Gasteiger partial charge in [-0.05, 0) is 49.5 Å². The highest BCUT2D eigenvalue weighted by Gasteiger charge is 2.46. The van der Waals surface area contributed by atoms with E-state index >= 15 is 0 Å². The van der Waals surface area contributed by atoms with Crippen molar-refractivity contribution in [1.29, 1.82) is 0 Å². The standard InChI is InChI=1S/C26H26N2O2/c29-25-21-10-4-5-11-22(21)26(30,23-12-6-7-13-24(23)27-25)20-14-16-28(17-15-20)18-19-8-2-1-3-9-19/h1-13,20,30H,14-18H2,(H,27,29). The second-order valence-corrected chi connectivity index (χ2v) is 8.35. The van der Waals surface area contributed by atoms with Gasteiger partial charge in [0.05, 0.1) is 0 Å². The number of rotatable bonds is 3. The Hall–Kier alpha value is -2.95. The zero-order valence-electron chi connectivity index (χ0n) is 16.9. The Morgan fingerprint density at radius 2 is 1.50 bits per heavy atom. The maximum absolute atomic E-state index is 12.9. The molecule has 1 amide bonds. The van der Waals surface area contributed by atoms with Gasteiger partial charge in [-0.25, -0.2) is 0 Å². The Morgan fingerprint density at radius 1 is 0.867 bits per heavy atom. The predicted molar refractivity (Wildman–Crippen MR) is 118 cm³/mol. The minimum atomic E-state index is -1.19. The van der Waals surface area contributed by atoms with Gasteiger partial charge < -0.3 is 10.4 Å². The molecule has 0 aromatic heterocycles. The van der Waals surface area contributed by atoms with Gasteiger partial charge in [0, 0.05) is 28.9 Å². The average molecular weight is 399 g/mol. The number of benzene rings is 3. The van der Waals surface area contributed by atoms with Crippen molar-refractivity contribution in [1.82, 2.24) is 4.90 Å². The maximum atomic E-state index is 12.9. The zero-order valence-corrected chi connectivity index (χ0v) is 16.9. The maximum Gasteiger partial charge on any atom is 0.256 e. The minimum Gasteiger partial charge on any atom is -0.380 e. The van der Waals surface area contributed by atoms with Crippen LogP contribution in [-0.4, -0.2) is 29.0 Å². The number of nitrogens with zero attached hydrogens (tertiary/aromatic N) is 1. The van der Waals surface area contributed by atoms with Crippen LogP contribution in [0.4, 0.5) is 5.69 Å². The number of carbonyl (C=O) groups excluding carboxylic acids is 1. The van der Waals surface area contributed by atoms with Crippen LogP contribution in [0.15, 0.2) is 78.9 Å². The van der Waals surface area contributed by atoms with Crippen LogP contribution in [0.5, 0.6) is 0 Å². The van der Waals surface area contributed by atoms with Crippen LogP contribution >= 0.6 is 0 Å². The molecule has 0 spiro atoms.